The molecule has 0 bridgehead atoms. The number of para-hydroxylation sites is 1. The van der Waals surface area contributed by atoms with Crippen LogP contribution in [0.25, 0.3) is 0 Å². The Morgan fingerprint density at radius 2 is 1.81 bits per heavy atom. The predicted octanol–water partition coefficient (Wildman–Crippen LogP) is 5.74. The van der Waals surface area contributed by atoms with Crippen molar-refractivity contribution in [1.82, 2.24) is 5.43 Å². The van der Waals surface area contributed by atoms with Gasteiger partial charge in [0.15, 0.2) is 11.5 Å². The van der Waals surface area contributed by atoms with Crippen LogP contribution in [-0.2, 0) is 6.61 Å². The molecule has 0 radical (unpaired) electrons. The summed E-state index contributed by atoms with van der Waals surface area (Å²) >= 11 is 12.1. The summed E-state index contributed by atoms with van der Waals surface area (Å²) in [5.41, 5.74) is 4.37. The summed E-state index contributed by atoms with van der Waals surface area (Å²) in [6.45, 7) is 2.59. The van der Waals surface area contributed by atoms with Crippen molar-refractivity contribution in [2.24, 2.45) is 5.10 Å². The molecule has 32 heavy (non-hydrogen) atoms. The van der Waals surface area contributed by atoms with E-state index < -0.39 is 5.91 Å². The van der Waals surface area contributed by atoms with Gasteiger partial charge in [-0.3, -0.25) is 4.79 Å². The summed E-state index contributed by atoms with van der Waals surface area (Å²) in [6, 6.07) is 17.4. The van der Waals surface area contributed by atoms with Gasteiger partial charge in [-0.1, -0.05) is 41.4 Å². The number of nitrogens with one attached hydrogen (secondary N) is 1. The lowest BCUT2D eigenvalue weighted by atomic mass is 10.2. The summed E-state index contributed by atoms with van der Waals surface area (Å²) in [6.07, 6.45) is 1.52. The van der Waals surface area contributed by atoms with E-state index in [2.05, 4.69) is 10.5 Å². The molecule has 1 amide bonds. The van der Waals surface area contributed by atoms with Crippen LogP contribution in [0.15, 0.2) is 65.8 Å². The van der Waals surface area contributed by atoms with E-state index in [1.165, 1.54) is 6.21 Å². The molecule has 0 aliphatic carbocycles. The van der Waals surface area contributed by atoms with Gasteiger partial charge in [0.1, 0.15) is 12.4 Å². The molecule has 0 spiro atoms. The van der Waals surface area contributed by atoms with E-state index >= 15 is 0 Å². The van der Waals surface area contributed by atoms with Gasteiger partial charge in [-0.2, -0.15) is 5.10 Å². The summed E-state index contributed by atoms with van der Waals surface area (Å²) in [5, 5.41) is 5.08. The highest BCUT2D eigenvalue weighted by molar-refractivity contribution is 6.35. The zero-order chi connectivity index (χ0) is 22.9. The first-order valence-corrected chi connectivity index (χ1v) is 10.6. The Morgan fingerprint density at radius 3 is 2.56 bits per heavy atom. The number of nitrogens with zero attached hydrogens (tertiary/aromatic N) is 1. The Kier molecular flexibility index (Phi) is 8.36. The highest BCUT2D eigenvalue weighted by atomic mass is 35.5. The Labute approximate surface area is 196 Å². The monoisotopic (exact) mass is 472 g/mol. The van der Waals surface area contributed by atoms with Crippen LogP contribution >= 0.6 is 23.2 Å². The predicted molar refractivity (Wildman–Crippen MR) is 126 cm³/mol. The average Bonchev–Trinajstić information content (AvgIpc) is 2.79. The van der Waals surface area contributed by atoms with Crippen molar-refractivity contribution in [3.63, 3.8) is 0 Å². The third-order valence-corrected chi connectivity index (χ3v) is 4.98. The molecule has 3 aromatic carbocycles. The molecule has 0 unspecified atom stereocenters. The van der Waals surface area contributed by atoms with E-state index in [0.29, 0.717) is 39.5 Å². The minimum atomic E-state index is -0.405. The maximum Gasteiger partial charge on any atom is 0.275 e. The Morgan fingerprint density at radius 1 is 1.00 bits per heavy atom. The number of carbonyl (C=O) groups excluding carboxylic acids is 1. The second-order valence-corrected chi connectivity index (χ2v) is 7.41. The van der Waals surface area contributed by atoms with Gasteiger partial charge in [-0.25, -0.2) is 5.43 Å². The number of carbonyl (C=O) groups is 1. The quantitative estimate of drug-likeness (QED) is 0.318. The van der Waals surface area contributed by atoms with Crippen molar-refractivity contribution < 1.29 is 19.0 Å². The van der Waals surface area contributed by atoms with Crippen molar-refractivity contribution in [2.45, 2.75) is 13.5 Å². The first-order chi connectivity index (χ1) is 15.5. The standard InChI is InChI=1S/C24H22Cl2N2O4/c1-3-31-23-12-16(8-11-22(23)30-2)14-27-28-24(29)19-6-4-5-7-21(19)32-15-17-9-10-18(25)13-20(17)26/h4-14H,3,15H2,1-2H3,(H,28,29)/b27-14+. The minimum Gasteiger partial charge on any atom is -0.493 e. The van der Waals surface area contributed by atoms with Gasteiger partial charge < -0.3 is 14.2 Å². The topological polar surface area (TPSA) is 69.2 Å². The zero-order valence-corrected chi connectivity index (χ0v) is 19.1. The fraction of sp³-hybridized carbons (Fsp3) is 0.167. The fourth-order valence-corrected chi connectivity index (χ4v) is 3.30. The first-order valence-electron chi connectivity index (χ1n) is 9.81. The summed E-state index contributed by atoms with van der Waals surface area (Å²) in [4.78, 5) is 12.7. The Bertz CT molecular complexity index is 1120. The molecule has 1 N–H and O–H groups in total. The highest BCUT2D eigenvalue weighted by Gasteiger charge is 2.12. The molecule has 6 nitrogen and oxygen atoms in total. The number of hydrazone groups is 1. The van der Waals surface area contributed by atoms with Crippen LogP contribution in [0.5, 0.6) is 17.2 Å². The molecule has 0 aliphatic heterocycles. The van der Waals surface area contributed by atoms with Crippen molar-refractivity contribution in [3.05, 3.63) is 87.4 Å². The molecule has 3 rings (SSSR count). The maximum absolute atomic E-state index is 12.7. The molecule has 3 aromatic rings. The number of benzene rings is 3. The van der Waals surface area contributed by atoms with Crippen LogP contribution in [0.3, 0.4) is 0 Å². The van der Waals surface area contributed by atoms with Crippen molar-refractivity contribution in [2.75, 3.05) is 13.7 Å². The summed E-state index contributed by atoms with van der Waals surface area (Å²) in [5.74, 6) is 1.23. The third kappa shape index (κ3) is 6.15. The largest absolute Gasteiger partial charge is 0.493 e. The van der Waals surface area contributed by atoms with E-state index in [4.69, 9.17) is 37.4 Å². The number of hydrogen-bond donors (Lipinski definition) is 1. The molecule has 8 heteroatoms. The first kappa shape index (κ1) is 23.4. The van der Waals surface area contributed by atoms with Crippen LogP contribution in [-0.4, -0.2) is 25.8 Å². The molecule has 0 heterocycles. The minimum absolute atomic E-state index is 0.190. The van der Waals surface area contributed by atoms with E-state index in [0.717, 1.165) is 11.1 Å². The number of amides is 1. The summed E-state index contributed by atoms with van der Waals surface area (Å²) < 4.78 is 16.6. The zero-order valence-electron chi connectivity index (χ0n) is 17.6. The van der Waals surface area contributed by atoms with Gasteiger partial charge in [-0.15, -0.1) is 0 Å². The van der Waals surface area contributed by atoms with E-state index in [1.807, 2.05) is 13.0 Å². The van der Waals surface area contributed by atoms with Gasteiger partial charge in [-0.05, 0) is 55.0 Å². The lowest BCUT2D eigenvalue weighted by molar-refractivity contribution is 0.0950. The van der Waals surface area contributed by atoms with Crippen LogP contribution in [0.4, 0.5) is 0 Å². The van der Waals surface area contributed by atoms with Gasteiger partial charge in [0.2, 0.25) is 0 Å². The fourth-order valence-electron chi connectivity index (χ4n) is 2.84. The van der Waals surface area contributed by atoms with Crippen LogP contribution in [0.2, 0.25) is 10.0 Å². The van der Waals surface area contributed by atoms with Crippen molar-refractivity contribution in [1.29, 1.82) is 0 Å². The molecular weight excluding hydrogens is 451 g/mol. The molecule has 0 aromatic heterocycles. The normalized spacial score (nSPS) is 10.8. The highest BCUT2D eigenvalue weighted by Crippen LogP contribution is 2.27. The van der Waals surface area contributed by atoms with Crippen molar-refractivity contribution in [3.8, 4) is 17.2 Å². The van der Waals surface area contributed by atoms with Crippen LogP contribution in [0, 0.1) is 0 Å². The van der Waals surface area contributed by atoms with Gasteiger partial charge in [0, 0.05) is 15.6 Å². The number of ether oxygens (including phenoxy) is 3. The average molecular weight is 473 g/mol. The second-order valence-electron chi connectivity index (χ2n) is 6.56. The van der Waals surface area contributed by atoms with Gasteiger partial charge in [0.25, 0.3) is 5.91 Å². The number of halogens is 2. The van der Waals surface area contributed by atoms with E-state index in [1.54, 1.807) is 61.7 Å². The lowest BCUT2D eigenvalue weighted by Crippen LogP contribution is -2.18. The SMILES string of the molecule is CCOc1cc(/C=N/NC(=O)c2ccccc2OCc2ccc(Cl)cc2Cl)ccc1OC. The van der Waals surface area contributed by atoms with Crippen molar-refractivity contribution >= 4 is 35.3 Å². The second kappa shape index (κ2) is 11.4. The molecule has 0 saturated carbocycles. The van der Waals surface area contributed by atoms with Gasteiger partial charge in [0.05, 0.1) is 25.5 Å². The Balaban J connectivity index is 1.67. The number of hydrogen-bond acceptors (Lipinski definition) is 5. The lowest BCUT2D eigenvalue weighted by Gasteiger charge is -2.11. The molecule has 0 aliphatic rings. The third-order valence-electron chi connectivity index (χ3n) is 4.40. The van der Waals surface area contributed by atoms with Crippen LogP contribution in [0.1, 0.15) is 28.4 Å². The van der Waals surface area contributed by atoms with Crippen LogP contribution < -0.4 is 19.6 Å². The molecule has 0 atom stereocenters. The molecule has 166 valence electrons. The number of methoxy groups -OCH3 is 1. The Hall–Kier alpha value is -3.22. The summed E-state index contributed by atoms with van der Waals surface area (Å²) in [7, 11) is 1.58. The van der Waals surface area contributed by atoms with Gasteiger partial charge >= 0.3 is 0 Å². The molecule has 0 saturated heterocycles. The number of rotatable bonds is 9. The molecule has 0 fully saturated rings. The van der Waals surface area contributed by atoms with E-state index in [9.17, 15) is 4.79 Å². The molecular formula is C24H22Cl2N2O4. The maximum atomic E-state index is 12.7. The van der Waals surface area contributed by atoms with E-state index in [-0.39, 0.29) is 6.61 Å². The smallest absolute Gasteiger partial charge is 0.275 e.